The first-order valence-corrected chi connectivity index (χ1v) is 8.51. The number of aliphatic hydroxyl groups is 1. The lowest BCUT2D eigenvalue weighted by molar-refractivity contribution is -0.152. The van der Waals surface area contributed by atoms with E-state index in [0.717, 1.165) is 51.0 Å². The molecule has 22 heavy (non-hydrogen) atoms. The highest BCUT2D eigenvalue weighted by molar-refractivity contribution is 5.85. The molecule has 1 amide bonds. The van der Waals surface area contributed by atoms with Crippen LogP contribution in [-0.4, -0.2) is 44.4 Å². The number of hydrogen-bond acceptors (Lipinski definition) is 3. The van der Waals surface area contributed by atoms with E-state index in [0.29, 0.717) is 18.8 Å². The Kier molecular flexibility index (Phi) is 4.26. The highest BCUT2D eigenvalue weighted by atomic mass is 16.3. The molecular weight excluding hydrogens is 278 g/mol. The standard InChI is InChI=1S/C17H27N3O2/c1-13-11-14(2)20(18-13)12-15-5-9-19(10-6-15)16(21)17(22)7-3-4-8-17/h11,15,22H,3-10,12H2,1-2H3. The van der Waals surface area contributed by atoms with Gasteiger partial charge < -0.3 is 10.0 Å². The van der Waals surface area contributed by atoms with Crippen molar-refractivity contribution in [3.8, 4) is 0 Å². The molecule has 1 aliphatic heterocycles. The van der Waals surface area contributed by atoms with Gasteiger partial charge in [0.15, 0.2) is 0 Å². The minimum atomic E-state index is -1.07. The van der Waals surface area contributed by atoms with Gasteiger partial charge in [-0.25, -0.2) is 0 Å². The molecule has 0 unspecified atom stereocenters. The van der Waals surface area contributed by atoms with E-state index < -0.39 is 5.60 Å². The number of carbonyl (C=O) groups excluding carboxylic acids is 1. The Labute approximate surface area is 132 Å². The third-order valence-corrected chi connectivity index (χ3v) is 5.27. The molecule has 1 aliphatic carbocycles. The molecule has 1 N–H and O–H groups in total. The fourth-order valence-electron chi connectivity index (χ4n) is 3.89. The summed E-state index contributed by atoms with van der Waals surface area (Å²) >= 11 is 0. The number of aryl methyl sites for hydroxylation is 2. The number of likely N-dealkylation sites (tertiary alicyclic amines) is 1. The van der Waals surface area contributed by atoms with Gasteiger partial charge in [0.1, 0.15) is 5.60 Å². The van der Waals surface area contributed by atoms with E-state index >= 15 is 0 Å². The summed E-state index contributed by atoms with van der Waals surface area (Å²) in [5.41, 5.74) is 1.20. The van der Waals surface area contributed by atoms with Gasteiger partial charge in [0.25, 0.3) is 5.91 Å². The molecule has 2 aliphatic rings. The molecule has 1 aromatic heterocycles. The van der Waals surface area contributed by atoms with Gasteiger partial charge in [-0.1, -0.05) is 0 Å². The van der Waals surface area contributed by atoms with Crippen LogP contribution in [0, 0.1) is 19.8 Å². The molecule has 0 radical (unpaired) electrons. The molecule has 2 fully saturated rings. The summed E-state index contributed by atoms with van der Waals surface area (Å²) in [5, 5.41) is 15.0. The van der Waals surface area contributed by atoms with Crippen LogP contribution in [0.4, 0.5) is 0 Å². The number of piperidine rings is 1. The first-order chi connectivity index (χ1) is 10.5. The van der Waals surface area contributed by atoms with Crippen LogP contribution in [0.3, 0.4) is 0 Å². The fourth-order valence-corrected chi connectivity index (χ4v) is 3.89. The predicted octanol–water partition coefficient (Wildman–Crippen LogP) is 2.04. The highest BCUT2D eigenvalue weighted by Crippen LogP contribution is 2.32. The molecule has 0 atom stereocenters. The maximum absolute atomic E-state index is 12.5. The van der Waals surface area contributed by atoms with Crippen LogP contribution in [0.15, 0.2) is 6.07 Å². The van der Waals surface area contributed by atoms with Crippen LogP contribution in [0.5, 0.6) is 0 Å². The Morgan fingerprint density at radius 2 is 1.95 bits per heavy atom. The third kappa shape index (κ3) is 3.05. The lowest BCUT2D eigenvalue weighted by atomic mass is 9.94. The average molecular weight is 305 g/mol. The van der Waals surface area contributed by atoms with Crippen molar-refractivity contribution in [2.45, 2.75) is 64.5 Å². The Morgan fingerprint density at radius 1 is 1.32 bits per heavy atom. The predicted molar refractivity (Wildman–Crippen MR) is 84.4 cm³/mol. The van der Waals surface area contributed by atoms with E-state index in [1.165, 1.54) is 5.69 Å². The van der Waals surface area contributed by atoms with E-state index in [1.54, 1.807) is 0 Å². The second-order valence-electron chi connectivity index (χ2n) is 7.08. The van der Waals surface area contributed by atoms with Gasteiger partial charge in [-0.05, 0) is 64.4 Å². The van der Waals surface area contributed by atoms with Crippen molar-refractivity contribution in [2.75, 3.05) is 13.1 Å². The summed E-state index contributed by atoms with van der Waals surface area (Å²) in [6.45, 7) is 6.59. The van der Waals surface area contributed by atoms with Crippen LogP contribution in [0.2, 0.25) is 0 Å². The summed E-state index contributed by atoms with van der Waals surface area (Å²) in [4.78, 5) is 14.4. The number of carbonyl (C=O) groups is 1. The lowest BCUT2D eigenvalue weighted by Gasteiger charge is -2.36. The summed E-state index contributed by atoms with van der Waals surface area (Å²) < 4.78 is 2.09. The molecule has 0 aromatic carbocycles. The number of amides is 1. The number of aromatic nitrogens is 2. The molecule has 1 aromatic rings. The Hall–Kier alpha value is -1.36. The molecule has 0 spiro atoms. The number of hydrogen-bond donors (Lipinski definition) is 1. The van der Waals surface area contributed by atoms with Gasteiger partial charge in [-0.15, -0.1) is 0 Å². The summed E-state index contributed by atoms with van der Waals surface area (Å²) in [7, 11) is 0. The maximum atomic E-state index is 12.5. The summed E-state index contributed by atoms with van der Waals surface area (Å²) in [6, 6.07) is 2.11. The van der Waals surface area contributed by atoms with Crippen molar-refractivity contribution in [3.05, 3.63) is 17.5 Å². The monoisotopic (exact) mass is 305 g/mol. The second-order valence-corrected chi connectivity index (χ2v) is 7.08. The molecule has 2 heterocycles. The smallest absolute Gasteiger partial charge is 0.254 e. The Balaban J connectivity index is 1.54. The SMILES string of the molecule is Cc1cc(C)n(CC2CCN(C(=O)C3(O)CCCC3)CC2)n1. The molecule has 1 saturated carbocycles. The first-order valence-electron chi connectivity index (χ1n) is 8.51. The Bertz CT molecular complexity index is 538. The van der Waals surface area contributed by atoms with Crippen molar-refractivity contribution in [2.24, 2.45) is 5.92 Å². The molecule has 3 rings (SSSR count). The molecular formula is C17H27N3O2. The maximum Gasteiger partial charge on any atom is 0.254 e. The van der Waals surface area contributed by atoms with Crippen LogP contribution < -0.4 is 0 Å². The van der Waals surface area contributed by atoms with Crippen molar-refractivity contribution >= 4 is 5.91 Å². The van der Waals surface area contributed by atoms with Crippen LogP contribution in [0.1, 0.15) is 49.9 Å². The molecule has 5 nitrogen and oxygen atoms in total. The van der Waals surface area contributed by atoms with Gasteiger partial charge in [-0.3, -0.25) is 9.48 Å². The second kappa shape index (κ2) is 6.03. The van der Waals surface area contributed by atoms with Crippen molar-refractivity contribution in [1.82, 2.24) is 14.7 Å². The molecule has 122 valence electrons. The summed E-state index contributed by atoms with van der Waals surface area (Å²) in [5.74, 6) is 0.537. The van der Waals surface area contributed by atoms with E-state index in [9.17, 15) is 9.90 Å². The van der Waals surface area contributed by atoms with Gasteiger partial charge in [-0.2, -0.15) is 5.10 Å². The minimum absolute atomic E-state index is 0.0328. The normalized spacial score (nSPS) is 22.2. The Morgan fingerprint density at radius 3 is 2.50 bits per heavy atom. The lowest BCUT2D eigenvalue weighted by Crippen LogP contribution is -2.50. The highest BCUT2D eigenvalue weighted by Gasteiger charge is 2.42. The van der Waals surface area contributed by atoms with Crippen LogP contribution in [0.25, 0.3) is 0 Å². The third-order valence-electron chi connectivity index (χ3n) is 5.27. The van der Waals surface area contributed by atoms with E-state index in [1.807, 2.05) is 11.8 Å². The van der Waals surface area contributed by atoms with Crippen LogP contribution >= 0.6 is 0 Å². The topological polar surface area (TPSA) is 58.4 Å². The quantitative estimate of drug-likeness (QED) is 0.930. The zero-order valence-electron chi connectivity index (χ0n) is 13.7. The number of rotatable bonds is 3. The van der Waals surface area contributed by atoms with E-state index in [-0.39, 0.29) is 5.91 Å². The number of nitrogens with zero attached hydrogens (tertiary/aromatic N) is 3. The fraction of sp³-hybridized carbons (Fsp3) is 0.765. The van der Waals surface area contributed by atoms with Crippen molar-refractivity contribution in [3.63, 3.8) is 0 Å². The zero-order valence-corrected chi connectivity index (χ0v) is 13.7. The average Bonchev–Trinajstić information content (AvgIpc) is 3.06. The van der Waals surface area contributed by atoms with E-state index in [2.05, 4.69) is 22.8 Å². The summed E-state index contributed by atoms with van der Waals surface area (Å²) in [6.07, 6.45) is 5.21. The van der Waals surface area contributed by atoms with Gasteiger partial charge in [0, 0.05) is 25.3 Å². The first kappa shape index (κ1) is 15.5. The molecule has 5 heteroatoms. The largest absolute Gasteiger partial charge is 0.380 e. The molecule has 0 bridgehead atoms. The van der Waals surface area contributed by atoms with Crippen molar-refractivity contribution < 1.29 is 9.90 Å². The molecule has 1 saturated heterocycles. The zero-order chi connectivity index (χ0) is 15.7. The van der Waals surface area contributed by atoms with Crippen molar-refractivity contribution in [1.29, 1.82) is 0 Å². The van der Waals surface area contributed by atoms with E-state index in [4.69, 9.17) is 0 Å². The van der Waals surface area contributed by atoms with Gasteiger partial charge >= 0.3 is 0 Å². The van der Waals surface area contributed by atoms with Crippen LogP contribution in [-0.2, 0) is 11.3 Å². The van der Waals surface area contributed by atoms with Gasteiger partial charge in [0.05, 0.1) is 5.69 Å². The minimum Gasteiger partial charge on any atom is -0.380 e. The van der Waals surface area contributed by atoms with Gasteiger partial charge in [0.2, 0.25) is 0 Å².